The van der Waals surface area contributed by atoms with E-state index >= 15 is 0 Å². The first-order valence-electron chi connectivity index (χ1n) is 7.90. The third-order valence-corrected chi connectivity index (χ3v) is 4.04. The zero-order valence-electron chi connectivity index (χ0n) is 13.9. The number of carbonyl (C=O) groups excluding carboxylic acids is 1. The Labute approximate surface area is 136 Å². The molecule has 0 fully saturated rings. The topological polar surface area (TPSA) is 75.4 Å². The van der Waals surface area contributed by atoms with Crippen LogP contribution in [0, 0.1) is 13.8 Å². The van der Waals surface area contributed by atoms with E-state index in [1.54, 1.807) is 0 Å². The zero-order valence-corrected chi connectivity index (χ0v) is 13.9. The number of amides is 1. The Morgan fingerprint density at radius 1 is 1.30 bits per heavy atom. The number of nitrogens with zero attached hydrogens (tertiary/aromatic N) is 1. The molecule has 0 aliphatic carbocycles. The fourth-order valence-corrected chi connectivity index (χ4v) is 2.55. The second-order valence-electron chi connectivity index (χ2n) is 5.92. The van der Waals surface area contributed by atoms with Gasteiger partial charge in [-0.25, -0.2) is 0 Å². The molecule has 0 aliphatic rings. The molecule has 2 unspecified atom stereocenters. The summed E-state index contributed by atoms with van der Waals surface area (Å²) in [6.07, 6.45) is 0.854. The van der Waals surface area contributed by atoms with E-state index in [9.17, 15) is 9.90 Å². The van der Waals surface area contributed by atoms with Crippen LogP contribution in [0.5, 0.6) is 0 Å². The van der Waals surface area contributed by atoms with Gasteiger partial charge in [0.25, 0.3) is 0 Å². The highest BCUT2D eigenvalue weighted by Crippen LogP contribution is 2.14. The van der Waals surface area contributed by atoms with Crippen LogP contribution in [0.4, 0.5) is 0 Å². The molecular weight excluding hydrogens is 292 g/mol. The van der Waals surface area contributed by atoms with Gasteiger partial charge in [-0.05, 0) is 32.8 Å². The van der Waals surface area contributed by atoms with Crippen molar-refractivity contribution < 1.29 is 14.4 Å². The normalized spacial score (nSPS) is 13.6. The highest BCUT2D eigenvalue weighted by molar-refractivity contribution is 5.76. The highest BCUT2D eigenvalue weighted by atomic mass is 16.5. The van der Waals surface area contributed by atoms with Crippen LogP contribution in [0.2, 0.25) is 0 Å². The van der Waals surface area contributed by atoms with Gasteiger partial charge in [0.05, 0.1) is 17.8 Å². The minimum absolute atomic E-state index is 0.0791. The molecule has 2 rings (SSSR count). The third kappa shape index (κ3) is 4.93. The molecule has 0 aliphatic heterocycles. The van der Waals surface area contributed by atoms with E-state index < -0.39 is 6.10 Å². The van der Waals surface area contributed by atoms with E-state index in [1.807, 2.05) is 51.1 Å². The van der Waals surface area contributed by atoms with Gasteiger partial charge in [0.1, 0.15) is 5.76 Å². The highest BCUT2D eigenvalue weighted by Gasteiger charge is 2.18. The fourth-order valence-electron chi connectivity index (χ4n) is 2.55. The number of aliphatic hydroxyl groups is 1. The van der Waals surface area contributed by atoms with E-state index in [0.29, 0.717) is 19.3 Å². The van der Waals surface area contributed by atoms with Gasteiger partial charge in [0.15, 0.2) is 0 Å². The standard InChI is InChI=1S/C18H24N2O3/c1-12-16(14(3)23-20-12)9-10-18(22)19-13(2)17(21)11-15-7-5-4-6-8-15/h4-8,13,17,21H,9-11H2,1-3H3,(H,19,22). The Morgan fingerprint density at radius 3 is 2.61 bits per heavy atom. The third-order valence-electron chi connectivity index (χ3n) is 4.04. The molecule has 1 heterocycles. The summed E-state index contributed by atoms with van der Waals surface area (Å²) in [7, 11) is 0. The smallest absolute Gasteiger partial charge is 0.220 e. The Bertz CT molecular complexity index is 617. The summed E-state index contributed by atoms with van der Waals surface area (Å²) in [5.74, 6) is 0.678. The number of aliphatic hydroxyl groups excluding tert-OH is 1. The first-order valence-corrected chi connectivity index (χ1v) is 7.90. The Morgan fingerprint density at radius 2 is 2.00 bits per heavy atom. The van der Waals surface area contributed by atoms with Crippen molar-refractivity contribution in [2.45, 2.75) is 52.2 Å². The number of aromatic nitrogens is 1. The van der Waals surface area contributed by atoms with Crippen LogP contribution in [-0.2, 0) is 17.6 Å². The average molecular weight is 316 g/mol. The van der Waals surface area contributed by atoms with Crippen molar-refractivity contribution >= 4 is 5.91 Å². The van der Waals surface area contributed by atoms with Crippen molar-refractivity contribution in [2.75, 3.05) is 0 Å². The van der Waals surface area contributed by atoms with E-state index in [-0.39, 0.29) is 11.9 Å². The number of nitrogens with one attached hydrogen (secondary N) is 1. The zero-order chi connectivity index (χ0) is 16.8. The number of aryl methyl sites for hydroxylation is 2. The number of hydrogen-bond acceptors (Lipinski definition) is 4. The molecule has 0 saturated carbocycles. The van der Waals surface area contributed by atoms with Crippen LogP contribution >= 0.6 is 0 Å². The second kappa shape index (κ2) is 7.92. The molecule has 0 radical (unpaired) electrons. The molecule has 5 heteroatoms. The molecule has 2 aromatic rings. The molecule has 23 heavy (non-hydrogen) atoms. The van der Waals surface area contributed by atoms with Crippen molar-refractivity contribution in [1.82, 2.24) is 10.5 Å². The summed E-state index contributed by atoms with van der Waals surface area (Å²) in [5, 5.41) is 17.0. The molecule has 0 saturated heterocycles. The molecule has 2 N–H and O–H groups in total. The monoisotopic (exact) mass is 316 g/mol. The van der Waals surface area contributed by atoms with Crippen LogP contribution in [0.25, 0.3) is 0 Å². The summed E-state index contributed by atoms with van der Waals surface area (Å²) in [6.45, 7) is 5.54. The van der Waals surface area contributed by atoms with Gasteiger partial charge in [0, 0.05) is 18.4 Å². The largest absolute Gasteiger partial charge is 0.391 e. The number of rotatable bonds is 7. The number of carbonyl (C=O) groups is 1. The van der Waals surface area contributed by atoms with Crippen molar-refractivity contribution in [3.63, 3.8) is 0 Å². The van der Waals surface area contributed by atoms with Crippen molar-refractivity contribution in [3.05, 3.63) is 52.9 Å². The van der Waals surface area contributed by atoms with Gasteiger partial charge in [-0.2, -0.15) is 0 Å². The molecule has 124 valence electrons. The summed E-state index contributed by atoms with van der Waals surface area (Å²) in [4.78, 5) is 12.1. The van der Waals surface area contributed by atoms with E-state index in [1.165, 1.54) is 0 Å². The van der Waals surface area contributed by atoms with Gasteiger partial charge >= 0.3 is 0 Å². The Kier molecular flexibility index (Phi) is 5.93. The molecule has 5 nitrogen and oxygen atoms in total. The van der Waals surface area contributed by atoms with Crippen LogP contribution in [-0.4, -0.2) is 28.3 Å². The minimum atomic E-state index is -0.611. The molecule has 1 aromatic heterocycles. The summed E-state index contributed by atoms with van der Waals surface area (Å²) >= 11 is 0. The van der Waals surface area contributed by atoms with E-state index in [2.05, 4.69) is 10.5 Å². The van der Waals surface area contributed by atoms with E-state index in [0.717, 1.165) is 22.6 Å². The Balaban J connectivity index is 1.80. The molecule has 1 amide bonds. The van der Waals surface area contributed by atoms with Crippen LogP contribution in [0.3, 0.4) is 0 Å². The predicted octanol–water partition coefficient (Wildman–Crippen LogP) is 2.33. The first-order chi connectivity index (χ1) is 11.0. The number of hydrogen-bond donors (Lipinski definition) is 2. The molecule has 1 aromatic carbocycles. The van der Waals surface area contributed by atoms with Gasteiger partial charge < -0.3 is 14.9 Å². The maximum atomic E-state index is 12.1. The maximum absolute atomic E-state index is 12.1. The second-order valence-corrected chi connectivity index (χ2v) is 5.92. The molecule has 2 atom stereocenters. The lowest BCUT2D eigenvalue weighted by molar-refractivity contribution is -0.122. The van der Waals surface area contributed by atoms with Crippen LogP contribution in [0.15, 0.2) is 34.9 Å². The lowest BCUT2D eigenvalue weighted by Crippen LogP contribution is -2.42. The van der Waals surface area contributed by atoms with Gasteiger partial charge in [-0.15, -0.1) is 0 Å². The predicted molar refractivity (Wildman–Crippen MR) is 88.1 cm³/mol. The fraction of sp³-hybridized carbons (Fsp3) is 0.444. The molecular formula is C18H24N2O3. The first kappa shape index (κ1) is 17.2. The molecule has 0 bridgehead atoms. The van der Waals surface area contributed by atoms with Crippen LogP contribution < -0.4 is 5.32 Å². The minimum Gasteiger partial charge on any atom is -0.391 e. The van der Waals surface area contributed by atoms with Crippen molar-refractivity contribution in [1.29, 1.82) is 0 Å². The van der Waals surface area contributed by atoms with Gasteiger partial charge in [-0.3, -0.25) is 4.79 Å². The average Bonchev–Trinajstić information content (AvgIpc) is 2.85. The van der Waals surface area contributed by atoms with Gasteiger partial charge in [-0.1, -0.05) is 35.5 Å². The SMILES string of the molecule is Cc1noc(C)c1CCC(=O)NC(C)C(O)Cc1ccccc1. The van der Waals surface area contributed by atoms with Crippen LogP contribution in [0.1, 0.15) is 35.9 Å². The quantitative estimate of drug-likeness (QED) is 0.822. The Hall–Kier alpha value is -2.14. The van der Waals surface area contributed by atoms with Gasteiger partial charge in [0.2, 0.25) is 5.91 Å². The molecule has 0 spiro atoms. The summed E-state index contributed by atoms with van der Waals surface area (Å²) in [6, 6.07) is 9.46. The summed E-state index contributed by atoms with van der Waals surface area (Å²) < 4.78 is 5.09. The summed E-state index contributed by atoms with van der Waals surface area (Å²) in [5.41, 5.74) is 2.86. The maximum Gasteiger partial charge on any atom is 0.220 e. The van der Waals surface area contributed by atoms with Crippen molar-refractivity contribution in [3.8, 4) is 0 Å². The van der Waals surface area contributed by atoms with Crippen molar-refractivity contribution in [2.24, 2.45) is 0 Å². The lowest BCUT2D eigenvalue weighted by Gasteiger charge is -2.20. The number of benzene rings is 1. The van der Waals surface area contributed by atoms with E-state index in [4.69, 9.17) is 4.52 Å². The lowest BCUT2D eigenvalue weighted by atomic mass is 10.0.